The van der Waals surface area contributed by atoms with Crippen molar-refractivity contribution in [2.75, 3.05) is 12.3 Å². The maximum absolute atomic E-state index is 12.9. The van der Waals surface area contributed by atoms with Crippen LogP contribution in [0.3, 0.4) is 0 Å². The van der Waals surface area contributed by atoms with Gasteiger partial charge in [-0.15, -0.1) is 0 Å². The number of thioether (sulfide) groups is 1. The monoisotopic (exact) mass is 339 g/mol. The van der Waals surface area contributed by atoms with Crippen molar-refractivity contribution in [2.45, 2.75) is 56.8 Å². The summed E-state index contributed by atoms with van der Waals surface area (Å²) in [6.45, 7) is 2.58. The van der Waals surface area contributed by atoms with Crippen LogP contribution in [0.25, 0.3) is 0 Å². The molecular weight excluding hydrogens is 313 g/mol. The van der Waals surface area contributed by atoms with Gasteiger partial charge in [0.2, 0.25) is 0 Å². The standard InChI is InChI=1S/C18H26FNO2S/c1-2-17(22-15-10-8-14(19)9-11-15)18(21)20-12-13-23-16-6-4-3-5-7-16/h8-11,16-17H,2-7,12-13H2,1H3,(H,20,21)/t17-/m0/s1. The van der Waals surface area contributed by atoms with Crippen LogP contribution in [0, 0.1) is 5.82 Å². The molecule has 1 saturated carbocycles. The summed E-state index contributed by atoms with van der Waals surface area (Å²) >= 11 is 1.97. The van der Waals surface area contributed by atoms with Gasteiger partial charge in [0.25, 0.3) is 5.91 Å². The molecule has 128 valence electrons. The van der Waals surface area contributed by atoms with Gasteiger partial charge >= 0.3 is 0 Å². The van der Waals surface area contributed by atoms with E-state index in [4.69, 9.17) is 4.74 Å². The first kappa shape index (κ1) is 18.1. The highest BCUT2D eigenvalue weighted by Crippen LogP contribution is 2.27. The Balaban J connectivity index is 1.68. The molecule has 1 aromatic rings. The van der Waals surface area contributed by atoms with Gasteiger partial charge in [0.1, 0.15) is 11.6 Å². The summed E-state index contributed by atoms with van der Waals surface area (Å²) in [5, 5.41) is 3.71. The second-order valence-corrected chi connectivity index (χ2v) is 7.30. The number of nitrogens with one attached hydrogen (secondary N) is 1. The van der Waals surface area contributed by atoms with E-state index in [1.54, 1.807) is 12.1 Å². The van der Waals surface area contributed by atoms with E-state index < -0.39 is 6.10 Å². The Bertz CT molecular complexity index is 474. The van der Waals surface area contributed by atoms with E-state index in [9.17, 15) is 9.18 Å². The van der Waals surface area contributed by atoms with Crippen LogP contribution in [0.4, 0.5) is 4.39 Å². The molecule has 0 heterocycles. The van der Waals surface area contributed by atoms with Gasteiger partial charge in [-0.2, -0.15) is 11.8 Å². The molecule has 2 rings (SSSR count). The second-order valence-electron chi connectivity index (χ2n) is 5.89. The largest absolute Gasteiger partial charge is 0.481 e. The third kappa shape index (κ3) is 6.42. The summed E-state index contributed by atoms with van der Waals surface area (Å²) in [5.74, 6) is 1.06. The minimum absolute atomic E-state index is 0.0962. The minimum atomic E-state index is -0.528. The van der Waals surface area contributed by atoms with E-state index in [1.807, 2.05) is 18.7 Å². The fourth-order valence-electron chi connectivity index (χ4n) is 2.75. The smallest absolute Gasteiger partial charge is 0.261 e. The topological polar surface area (TPSA) is 38.3 Å². The average molecular weight is 339 g/mol. The first-order chi connectivity index (χ1) is 11.2. The summed E-state index contributed by atoms with van der Waals surface area (Å²) < 4.78 is 18.5. The van der Waals surface area contributed by atoms with Crippen LogP contribution in [0.2, 0.25) is 0 Å². The van der Waals surface area contributed by atoms with Gasteiger partial charge in [-0.1, -0.05) is 26.2 Å². The molecule has 23 heavy (non-hydrogen) atoms. The van der Waals surface area contributed by atoms with E-state index >= 15 is 0 Å². The average Bonchev–Trinajstić information content (AvgIpc) is 2.59. The lowest BCUT2D eigenvalue weighted by atomic mass is 10.0. The third-order valence-electron chi connectivity index (χ3n) is 4.06. The van der Waals surface area contributed by atoms with E-state index in [0.717, 1.165) is 11.0 Å². The third-order valence-corrected chi connectivity index (χ3v) is 5.44. The lowest BCUT2D eigenvalue weighted by Crippen LogP contribution is -2.39. The second kappa shape index (κ2) is 9.81. The van der Waals surface area contributed by atoms with Crippen LogP contribution in [-0.2, 0) is 4.79 Å². The molecule has 0 unspecified atom stereocenters. The highest BCUT2D eigenvalue weighted by molar-refractivity contribution is 7.99. The molecule has 0 bridgehead atoms. The highest BCUT2D eigenvalue weighted by atomic mass is 32.2. The maximum Gasteiger partial charge on any atom is 0.261 e. The zero-order valence-electron chi connectivity index (χ0n) is 13.7. The van der Waals surface area contributed by atoms with E-state index in [-0.39, 0.29) is 11.7 Å². The predicted octanol–water partition coefficient (Wildman–Crippen LogP) is 4.17. The summed E-state index contributed by atoms with van der Waals surface area (Å²) in [4.78, 5) is 12.2. The van der Waals surface area contributed by atoms with E-state index in [2.05, 4.69) is 5.32 Å². The Morgan fingerprint density at radius 1 is 1.30 bits per heavy atom. The molecule has 1 aliphatic rings. The Morgan fingerprint density at radius 2 is 2.00 bits per heavy atom. The van der Waals surface area contributed by atoms with Gasteiger partial charge in [-0.3, -0.25) is 4.79 Å². The van der Waals surface area contributed by atoms with Crippen LogP contribution in [0.15, 0.2) is 24.3 Å². The summed E-state index contributed by atoms with van der Waals surface area (Å²) in [6, 6.07) is 5.76. The fraction of sp³-hybridized carbons (Fsp3) is 0.611. The molecular formula is C18H26FNO2S. The van der Waals surface area contributed by atoms with Crippen molar-refractivity contribution >= 4 is 17.7 Å². The van der Waals surface area contributed by atoms with Crippen molar-refractivity contribution in [1.29, 1.82) is 0 Å². The van der Waals surface area contributed by atoms with Crippen molar-refractivity contribution in [3.05, 3.63) is 30.1 Å². The fourth-order valence-corrected chi connectivity index (χ4v) is 3.97. The zero-order valence-corrected chi connectivity index (χ0v) is 14.5. The first-order valence-corrected chi connectivity index (χ1v) is 9.55. The number of ether oxygens (including phenoxy) is 1. The van der Waals surface area contributed by atoms with Gasteiger partial charge in [-0.05, 0) is 43.5 Å². The number of rotatable bonds is 8. The summed E-state index contributed by atoms with van der Waals surface area (Å²) in [6.07, 6.45) is 6.72. The molecule has 1 amide bonds. The molecule has 0 spiro atoms. The van der Waals surface area contributed by atoms with Crippen molar-refractivity contribution in [3.8, 4) is 5.75 Å². The predicted molar refractivity (Wildman–Crippen MR) is 93.4 cm³/mol. The van der Waals surface area contributed by atoms with E-state index in [0.29, 0.717) is 18.7 Å². The molecule has 0 aromatic heterocycles. The summed E-state index contributed by atoms with van der Waals surface area (Å²) in [7, 11) is 0. The Labute approximate surface area is 142 Å². The van der Waals surface area contributed by atoms with Gasteiger partial charge < -0.3 is 10.1 Å². The maximum atomic E-state index is 12.9. The molecule has 1 aromatic carbocycles. The van der Waals surface area contributed by atoms with Crippen LogP contribution in [0.5, 0.6) is 5.75 Å². The number of amides is 1. The highest BCUT2D eigenvalue weighted by Gasteiger charge is 2.18. The van der Waals surface area contributed by atoms with E-state index in [1.165, 1.54) is 44.2 Å². The molecule has 1 fully saturated rings. The van der Waals surface area contributed by atoms with Gasteiger partial charge in [0, 0.05) is 17.5 Å². The van der Waals surface area contributed by atoms with Crippen LogP contribution in [0.1, 0.15) is 45.4 Å². The Morgan fingerprint density at radius 3 is 2.65 bits per heavy atom. The molecule has 0 radical (unpaired) electrons. The minimum Gasteiger partial charge on any atom is -0.481 e. The van der Waals surface area contributed by atoms with Crippen LogP contribution in [-0.4, -0.2) is 29.6 Å². The zero-order chi connectivity index (χ0) is 16.5. The number of halogens is 1. The molecule has 0 saturated heterocycles. The molecule has 3 nitrogen and oxygen atoms in total. The lowest BCUT2D eigenvalue weighted by molar-refractivity contribution is -0.127. The molecule has 1 atom stereocenters. The Hall–Kier alpha value is -1.23. The van der Waals surface area contributed by atoms with Gasteiger partial charge in [0.15, 0.2) is 6.10 Å². The lowest BCUT2D eigenvalue weighted by Gasteiger charge is -2.21. The normalized spacial score (nSPS) is 16.8. The number of carbonyl (C=O) groups is 1. The molecule has 1 N–H and O–H groups in total. The van der Waals surface area contributed by atoms with Crippen molar-refractivity contribution in [2.24, 2.45) is 0 Å². The van der Waals surface area contributed by atoms with Gasteiger partial charge in [-0.25, -0.2) is 4.39 Å². The molecule has 5 heteroatoms. The van der Waals surface area contributed by atoms with Gasteiger partial charge in [0.05, 0.1) is 0 Å². The van der Waals surface area contributed by atoms with Crippen molar-refractivity contribution in [1.82, 2.24) is 5.32 Å². The van der Waals surface area contributed by atoms with Crippen LogP contribution < -0.4 is 10.1 Å². The Kier molecular flexibility index (Phi) is 7.72. The number of benzene rings is 1. The van der Waals surface area contributed by atoms with Crippen LogP contribution >= 0.6 is 11.8 Å². The molecule has 0 aliphatic heterocycles. The SMILES string of the molecule is CC[C@H](Oc1ccc(F)cc1)C(=O)NCCSC1CCCCC1. The number of hydrogen-bond acceptors (Lipinski definition) is 3. The number of carbonyl (C=O) groups excluding carboxylic acids is 1. The quantitative estimate of drug-likeness (QED) is 0.723. The first-order valence-electron chi connectivity index (χ1n) is 8.50. The molecule has 1 aliphatic carbocycles. The summed E-state index contributed by atoms with van der Waals surface area (Å²) in [5.41, 5.74) is 0. The van der Waals surface area contributed by atoms with Crippen molar-refractivity contribution in [3.63, 3.8) is 0 Å². The number of hydrogen-bond donors (Lipinski definition) is 1. The van der Waals surface area contributed by atoms with Crippen molar-refractivity contribution < 1.29 is 13.9 Å².